The second kappa shape index (κ2) is 7.66. The molecule has 2 aromatic rings. The van der Waals surface area contributed by atoms with Crippen molar-refractivity contribution in [3.63, 3.8) is 0 Å². The maximum atomic E-state index is 11.8. The fourth-order valence-corrected chi connectivity index (χ4v) is 3.23. The Morgan fingerprint density at radius 3 is 2.92 bits per heavy atom. The standard InChI is InChI=1S/C17H21ClN4O2S/c1-10-8-13(6-7-14(10)18)24-11(2)16-20-21-17(22(16)3)25-9-15(23)19-12-4-5-12/h6-8,11-12H,4-5,9H2,1-3H3,(H,19,23). The summed E-state index contributed by atoms with van der Waals surface area (Å²) in [6, 6.07) is 5.92. The third kappa shape index (κ3) is 4.67. The normalized spacial score (nSPS) is 15.0. The van der Waals surface area contributed by atoms with E-state index in [1.54, 1.807) is 0 Å². The Morgan fingerprint density at radius 1 is 1.48 bits per heavy atom. The number of hydrogen-bond donors (Lipinski definition) is 1. The zero-order valence-corrected chi connectivity index (χ0v) is 16.0. The highest BCUT2D eigenvalue weighted by Crippen LogP contribution is 2.26. The molecule has 8 heteroatoms. The second-order valence-corrected chi connectivity index (χ2v) is 7.55. The zero-order chi connectivity index (χ0) is 18.0. The lowest BCUT2D eigenvalue weighted by Gasteiger charge is -2.15. The number of benzene rings is 1. The topological polar surface area (TPSA) is 69.0 Å². The van der Waals surface area contributed by atoms with E-state index in [1.165, 1.54) is 11.8 Å². The van der Waals surface area contributed by atoms with Crippen molar-refractivity contribution in [2.75, 3.05) is 5.75 Å². The molecule has 1 N–H and O–H groups in total. The molecule has 1 saturated carbocycles. The van der Waals surface area contributed by atoms with E-state index in [9.17, 15) is 4.79 Å². The predicted molar refractivity (Wildman–Crippen MR) is 98.1 cm³/mol. The highest BCUT2D eigenvalue weighted by Gasteiger charge is 2.24. The van der Waals surface area contributed by atoms with Crippen LogP contribution in [0, 0.1) is 6.92 Å². The van der Waals surface area contributed by atoms with E-state index in [1.807, 2.05) is 43.7 Å². The molecule has 0 bridgehead atoms. The van der Waals surface area contributed by atoms with Crippen molar-refractivity contribution in [3.8, 4) is 5.75 Å². The molecule has 6 nitrogen and oxygen atoms in total. The summed E-state index contributed by atoms with van der Waals surface area (Å²) in [6.07, 6.45) is 1.90. The smallest absolute Gasteiger partial charge is 0.230 e. The first-order valence-electron chi connectivity index (χ1n) is 8.18. The van der Waals surface area contributed by atoms with Crippen molar-refractivity contribution in [3.05, 3.63) is 34.6 Å². The summed E-state index contributed by atoms with van der Waals surface area (Å²) in [5.74, 6) is 1.82. The number of carbonyl (C=O) groups excluding carboxylic acids is 1. The van der Waals surface area contributed by atoms with Crippen molar-refractivity contribution in [1.29, 1.82) is 0 Å². The van der Waals surface area contributed by atoms with Crippen molar-refractivity contribution < 1.29 is 9.53 Å². The molecule has 3 rings (SSSR count). The van der Waals surface area contributed by atoms with Crippen molar-refractivity contribution in [2.24, 2.45) is 7.05 Å². The van der Waals surface area contributed by atoms with Crippen LogP contribution in [0.15, 0.2) is 23.4 Å². The highest BCUT2D eigenvalue weighted by molar-refractivity contribution is 7.99. The Bertz CT molecular complexity index is 776. The molecule has 1 aliphatic carbocycles. The second-order valence-electron chi connectivity index (χ2n) is 6.20. The van der Waals surface area contributed by atoms with Gasteiger partial charge in [-0.1, -0.05) is 23.4 Å². The summed E-state index contributed by atoms with van der Waals surface area (Å²) < 4.78 is 7.81. The van der Waals surface area contributed by atoms with Gasteiger partial charge in [-0.3, -0.25) is 4.79 Å². The molecule has 0 spiro atoms. The number of nitrogens with zero attached hydrogens (tertiary/aromatic N) is 3. The Labute approximate surface area is 156 Å². The lowest BCUT2D eigenvalue weighted by Crippen LogP contribution is -2.27. The Morgan fingerprint density at radius 2 is 2.24 bits per heavy atom. The molecule has 1 atom stereocenters. The van der Waals surface area contributed by atoms with Gasteiger partial charge in [0.05, 0.1) is 5.75 Å². The molecular formula is C17H21ClN4O2S. The number of halogens is 1. The van der Waals surface area contributed by atoms with Crippen LogP contribution in [0.5, 0.6) is 5.75 Å². The molecule has 0 aliphatic heterocycles. The molecular weight excluding hydrogens is 360 g/mol. The Kier molecular flexibility index (Phi) is 5.54. The summed E-state index contributed by atoms with van der Waals surface area (Å²) in [4.78, 5) is 11.8. The number of aryl methyl sites for hydroxylation is 1. The number of amides is 1. The third-order valence-electron chi connectivity index (χ3n) is 3.95. The molecule has 0 saturated heterocycles. The number of aromatic nitrogens is 3. The molecule has 25 heavy (non-hydrogen) atoms. The van der Waals surface area contributed by atoms with Crippen LogP contribution in [0.1, 0.15) is 37.3 Å². The van der Waals surface area contributed by atoms with Crippen LogP contribution < -0.4 is 10.1 Å². The monoisotopic (exact) mass is 380 g/mol. The van der Waals surface area contributed by atoms with E-state index in [-0.39, 0.29) is 12.0 Å². The Balaban J connectivity index is 1.60. The lowest BCUT2D eigenvalue weighted by atomic mass is 10.2. The number of rotatable bonds is 7. The van der Waals surface area contributed by atoms with Gasteiger partial charge in [0.1, 0.15) is 5.75 Å². The number of nitrogens with one attached hydrogen (secondary N) is 1. The van der Waals surface area contributed by atoms with E-state index in [2.05, 4.69) is 15.5 Å². The predicted octanol–water partition coefficient (Wildman–Crippen LogP) is 3.29. The fourth-order valence-electron chi connectivity index (χ4n) is 2.38. The van der Waals surface area contributed by atoms with Crippen LogP contribution >= 0.6 is 23.4 Å². The minimum atomic E-state index is -0.271. The van der Waals surface area contributed by atoms with Gasteiger partial charge in [0.25, 0.3) is 0 Å². The van der Waals surface area contributed by atoms with E-state index in [0.29, 0.717) is 27.8 Å². The quantitative estimate of drug-likeness (QED) is 0.746. The minimum absolute atomic E-state index is 0.0398. The van der Waals surface area contributed by atoms with Crippen LogP contribution in [0.4, 0.5) is 0 Å². The zero-order valence-electron chi connectivity index (χ0n) is 14.5. The van der Waals surface area contributed by atoms with Gasteiger partial charge in [0.15, 0.2) is 17.1 Å². The van der Waals surface area contributed by atoms with Crippen LogP contribution in [0.2, 0.25) is 5.02 Å². The summed E-state index contributed by atoms with van der Waals surface area (Å²) in [6.45, 7) is 3.85. The SMILES string of the molecule is Cc1cc(OC(C)c2nnc(SCC(=O)NC3CC3)n2C)ccc1Cl. The first-order valence-corrected chi connectivity index (χ1v) is 9.54. The minimum Gasteiger partial charge on any atom is -0.483 e. The average molecular weight is 381 g/mol. The summed E-state index contributed by atoms with van der Waals surface area (Å²) in [5, 5.41) is 12.8. The fraction of sp³-hybridized carbons (Fsp3) is 0.471. The van der Waals surface area contributed by atoms with Gasteiger partial charge in [-0.25, -0.2) is 0 Å². The molecule has 1 unspecified atom stereocenters. The van der Waals surface area contributed by atoms with Crippen molar-refractivity contribution in [1.82, 2.24) is 20.1 Å². The third-order valence-corrected chi connectivity index (χ3v) is 5.39. The maximum absolute atomic E-state index is 11.8. The Hall–Kier alpha value is -1.73. The van der Waals surface area contributed by atoms with Gasteiger partial charge in [-0.05, 0) is 50.5 Å². The summed E-state index contributed by atoms with van der Waals surface area (Å²) in [7, 11) is 1.88. The van der Waals surface area contributed by atoms with E-state index < -0.39 is 0 Å². The first-order chi connectivity index (χ1) is 11.9. The molecule has 1 heterocycles. The molecule has 1 fully saturated rings. The van der Waals surface area contributed by atoms with Crippen LogP contribution in [0.25, 0.3) is 0 Å². The molecule has 134 valence electrons. The van der Waals surface area contributed by atoms with Gasteiger partial charge in [0.2, 0.25) is 5.91 Å². The number of hydrogen-bond acceptors (Lipinski definition) is 5. The van der Waals surface area contributed by atoms with Crippen LogP contribution in [0.3, 0.4) is 0 Å². The average Bonchev–Trinajstić information content (AvgIpc) is 3.30. The van der Waals surface area contributed by atoms with Gasteiger partial charge in [-0.2, -0.15) is 0 Å². The number of ether oxygens (including phenoxy) is 1. The van der Waals surface area contributed by atoms with Crippen molar-refractivity contribution in [2.45, 2.75) is 44.0 Å². The van der Waals surface area contributed by atoms with Gasteiger partial charge >= 0.3 is 0 Å². The first kappa shape index (κ1) is 18.1. The number of carbonyl (C=O) groups is 1. The molecule has 1 aromatic carbocycles. The maximum Gasteiger partial charge on any atom is 0.230 e. The number of thioether (sulfide) groups is 1. The van der Waals surface area contributed by atoms with E-state index in [4.69, 9.17) is 16.3 Å². The van der Waals surface area contributed by atoms with E-state index in [0.717, 1.165) is 24.2 Å². The lowest BCUT2D eigenvalue weighted by molar-refractivity contribution is -0.118. The van der Waals surface area contributed by atoms with Gasteiger partial charge in [-0.15, -0.1) is 10.2 Å². The summed E-state index contributed by atoms with van der Waals surface area (Å²) in [5.41, 5.74) is 0.960. The van der Waals surface area contributed by atoms with Crippen molar-refractivity contribution >= 4 is 29.3 Å². The molecule has 1 amide bonds. The molecule has 1 aromatic heterocycles. The van der Waals surface area contributed by atoms with E-state index >= 15 is 0 Å². The van der Waals surface area contributed by atoms with Crippen LogP contribution in [-0.2, 0) is 11.8 Å². The molecule has 1 aliphatic rings. The van der Waals surface area contributed by atoms with Gasteiger partial charge < -0.3 is 14.6 Å². The largest absolute Gasteiger partial charge is 0.483 e. The van der Waals surface area contributed by atoms with Gasteiger partial charge in [0, 0.05) is 18.1 Å². The highest BCUT2D eigenvalue weighted by atomic mass is 35.5. The van der Waals surface area contributed by atoms with Crippen LogP contribution in [-0.4, -0.2) is 32.5 Å². The summed E-state index contributed by atoms with van der Waals surface area (Å²) >= 11 is 7.42. The molecule has 0 radical (unpaired) electrons.